The van der Waals surface area contributed by atoms with Crippen molar-refractivity contribution in [2.75, 3.05) is 26.2 Å². The van der Waals surface area contributed by atoms with Crippen LogP contribution in [0.4, 0.5) is 8.78 Å². The summed E-state index contributed by atoms with van der Waals surface area (Å²) < 4.78 is 32.1. The molecule has 2 heterocycles. The molecule has 1 aromatic heterocycles. The van der Waals surface area contributed by atoms with Gasteiger partial charge in [-0.25, -0.2) is 8.78 Å². The lowest BCUT2D eigenvalue weighted by atomic mass is 9.88. The Morgan fingerprint density at radius 3 is 2.76 bits per heavy atom. The van der Waals surface area contributed by atoms with Crippen molar-refractivity contribution in [3.05, 3.63) is 64.9 Å². The summed E-state index contributed by atoms with van der Waals surface area (Å²) in [6.07, 6.45) is 6.90. The number of likely N-dealkylation sites (tertiary alicyclic amines) is 1. The Morgan fingerprint density at radius 2 is 2.06 bits per heavy atom. The maximum Gasteiger partial charge on any atom is 0.273 e. The number of nitriles is 1. The summed E-state index contributed by atoms with van der Waals surface area (Å²) >= 11 is 0. The van der Waals surface area contributed by atoms with E-state index in [1.807, 2.05) is 6.08 Å². The van der Waals surface area contributed by atoms with E-state index in [2.05, 4.69) is 34.4 Å². The monoisotopic (exact) mass is 452 g/mol. The summed E-state index contributed by atoms with van der Waals surface area (Å²) in [5.74, 6) is -1.11. The Labute approximate surface area is 191 Å². The summed E-state index contributed by atoms with van der Waals surface area (Å²) in [4.78, 5) is 14.9. The Hall–Kier alpha value is -3.31. The van der Waals surface area contributed by atoms with Crippen LogP contribution in [0.15, 0.2) is 52.1 Å². The standard InChI is InChI=1S/C25H26F2N4O2/c1-16-10-18(2-3-19(16)13-28)15-31-8-6-17(7-9-31)14-29-25(32)23-12-24(33-30-23)21-5-4-20(26)11-22(21)27/h2-5,11-12,16-17H,6-10,14-15H2,1H3,(H,29,32). The molecule has 1 N–H and O–H groups in total. The molecule has 2 aliphatic rings. The van der Waals surface area contributed by atoms with Crippen molar-refractivity contribution >= 4 is 5.91 Å². The normalized spacial score (nSPS) is 19.5. The van der Waals surface area contributed by atoms with E-state index in [0.29, 0.717) is 12.5 Å². The van der Waals surface area contributed by atoms with Crippen LogP contribution in [0.5, 0.6) is 0 Å². The number of halogens is 2. The Kier molecular flexibility index (Phi) is 6.99. The summed E-state index contributed by atoms with van der Waals surface area (Å²) in [5, 5.41) is 15.7. The molecule has 1 aliphatic heterocycles. The third kappa shape index (κ3) is 5.55. The average molecular weight is 453 g/mol. The molecule has 4 rings (SSSR count). The zero-order valence-electron chi connectivity index (χ0n) is 18.5. The molecule has 1 atom stereocenters. The fourth-order valence-corrected chi connectivity index (χ4v) is 4.37. The van der Waals surface area contributed by atoms with Gasteiger partial charge in [-0.1, -0.05) is 23.7 Å². The number of carbonyl (C=O) groups excluding carboxylic acids is 1. The molecule has 0 radical (unpaired) electrons. The number of hydrogen-bond donors (Lipinski definition) is 1. The van der Waals surface area contributed by atoms with E-state index >= 15 is 0 Å². The Bertz CT molecular complexity index is 1120. The molecule has 0 bridgehead atoms. The number of piperidine rings is 1. The van der Waals surface area contributed by atoms with Crippen LogP contribution in [-0.2, 0) is 0 Å². The number of aromatic nitrogens is 1. The van der Waals surface area contributed by atoms with Crippen molar-refractivity contribution in [2.24, 2.45) is 11.8 Å². The van der Waals surface area contributed by atoms with Crippen LogP contribution in [0, 0.1) is 34.8 Å². The molecule has 172 valence electrons. The predicted octanol–water partition coefficient (Wildman–Crippen LogP) is 4.48. The first kappa shape index (κ1) is 22.9. The van der Waals surface area contributed by atoms with Crippen LogP contribution in [0.3, 0.4) is 0 Å². The lowest BCUT2D eigenvalue weighted by Gasteiger charge is -2.33. The highest BCUT2D eigenvalue weighted by Crippen LogP contribution is 2.27. The van der Waals surface area contributed by atoms with E-state index in [1.165, 1.54) is 17.7 Å². The van der Waals surface area contributed by atoms with Gasteiger partial charge in [0, 0.05) is 30.8 Å². The number of amides is 1. The van der Waals surface area contributed by atoms with Crippen molar-refractivity contribution in [1.82, 2.24) is 15.4 Å². The van der Waals surface area contributed by atoms with Gasteiger partial charge in [-0.2, -0.15) is 5.26 Å². The minimum absolute atomic E-state index is 0.0529. The third-order valence-corrected chi connectivity index (χ3v) is 6.35. The zero-order valence-corrected chi connectivity index (χ0v) is 18.5. The Balaban J connectivity index is 1.24. The highest BCUT2D eigenvalue weighted by atomic mass is 19.1. The molecule has 1 amide bonds. The first-order chi connectivity index (χ1) is 15.9. The first-order valence-electron chi connectivity index (χ1n) is 11.2. The zero-order chi connectivity index (χ0) is 23.4. The number of allylic oxidation sites excluding steroid dienone is 3. The molecule has 2 aromatic rings. The minimum atomic E-state index is -0.773. The molecule has 33 heavy (non-hydrogen) atoms. The summed E-state index contributed by atoms with van der Waals surface area (Å²) in [6.45, 7) is 5.46. The maximum absolute atomic E-state index is 13.9. The largest absolute Gasteiger partial charge is 0.355 e. The van der Waals surface area contributed by atoms with Gasteiger partial charge in [0.2, 0.25) is 0 Å². The van der Waals surface area contributed by atoms with Crippen LogP contribution in [0.25, 0.3) is 11.3 Å². The van der Waals surface area contributed by atoms with Crippen LogP contribution in [0.2, 0.25) is 0 Å². The predicted molar refractivity (Wildman–Crippen MR) is 119 cm³/mol. The van der Waals surface area contributed by atoms with Gasteiger partial charge in [0.05, 0.1) is 11.6 Å². The smallest absolute Gasteiger partial charge is 0.273 e. The highest BCUT2D eigenvalue weighted by molar-refractivity contribution is 5.93. The average Bonchev–Trinajstić information content (AvgIpc) is 3.29. The third-order valence-electron chi connectivity index (χ3n) is 6.35. The molecule has 1 aromatic carbocycles. The van der Waals surface area contributed by atoms with Gasteiger partial charge >= 0.3 is 0 Å². The van der Waals surface area contributed by atoms with Crippen molar-refractivity contribution in [3.8, 4) is 17.4 Å². The van der Waals surface area contributed by atoms with Crippen LogP contribution < -0.4 is 5.32 Å². The van der Waals surface area contributed by atoms with Gasteiger partial charge in [-0.05, 0) is 62.4 Å². The van der Waals surface area contributed by atoms with Crippen molar-refractivity contribution in [1.29, 1.82) is 5.26 Å². The lowest BCUT2D eigenvalue weighted by molar-refractivity contribution is 0.0928. The number of hydrogen-bond acceptors (Lipinski definition) is 5. The number of nitrogens with zero attached hydrogens (tertiary/aromatic N) is 3. The number of nitrogens with one attached hydrogen (secondary N) is 1. The van der Waals surface area contributed by atoms with Gasteiger partial charge in [-0.15, -0.1) is 0 Å². The van der Waals surface area contributed by atoms with Crippen molar-refractivity contribution in [2.45, 2.75) is 26.2 Å². The number of rotatable bonds is 6. The van der Waals surface area contributed by atoms with Gasteiger partial charge in [0.25, 0.3) is 5.91 Å². The molecular formula is C25H26F2N4O2. The molecule has 8 heteroatoms. The molecule has 1 fully saturated rings. The molecule has 6 nitrogen and oxygen atoms in total. The number of benzene rings is 1. The summed E-state index contributed by atoms with van der Waals surface area (Å²) in [5.41, 5.74) is 2.31. The van der Waals surface area contributed by atoms with E-state index in [-0.39, 0.29) is 28.8 Å². The van der Waals surface area contributed by atoms with E-state index < -0.39 is 11.6 Å². The lowest BCUT2D eigenvalue weighted by Crippen LogP contribution is -2.39. The van der Waals surface area contributed by atoms with Gasteiger partial charge in [-0.3, -0.25) is 9.69 Å². The van der Waals surface area contributed by atoms with Crippen molar-refractivity contribution < 1.29 is 18.1 Å². The highest BCUT2D eigenvalue weighted by Gasteiger charge is 2.23. The first-order valence-corrected chi connectivity index (χ1v) is 11.2. The van der Waals surface area contributed by atoms with E-state index in [0.717, 1.165) is 56.6 Å². The molecule has 1 aliphatic carbocycles. The topological polar surface area (TPSA) is 82.2 Å². The molecular weight excluding hydrogens is 426 g/mol. The summed E-state index contributed by atoms with van der Waals surface area (Å²) in [6, 6.07) is 6.76. The molecule has 0 saturated carbocycles. The molecule has 1 unspecified atom stereocenters. The van der Waals surface area contributed by atoms with Gasteiger partial charge in [0.15, 0.2) is 11.5 Å². The maximum atomic E-state index is 13.9. The quantitative estimate of drug-likeness (QED) is 0.699. The van der Waals surface area contributed by atoms with E-state index in [9.17, 15) is 13.6 Å². The second kappa shape index (κ2) is 10.1. The SMILES string of the molecule is CC1CC(CN2CCC(CNC(=O)c3cc(-c4ccc(F)cc4F)on3)CC2)=CC=C1C#N. The van der Waals surface area contributed by atoms with Crippen LogP contribution in [-0.4, -0.2) is 42.1 Å². The van der Waals surface area contributed by atoms with Crippen LogP contribution in [0.1, 0.15) is 36.7 Å². The van der Waals surface area contributed by atoms with Crippen LogP contribution >= 0.6 is 0 Å². The minimum Gasteiger partial charge on any atom is -0.355 e. The summed E-state index contributed by atoms with van der Waals surface area (Å²) in [7, 11) is 0. The van der Waals surface area contributed by atoms with Crippen molar-refractivity contribution in [3.63, 3.8) is 0 Å². The fourth-order valence-electron chi connectivity index (χ4n) is 4.37. The second-order valence-corrected chi connectivity index (χ2v) is 8.79. The van der Waals surface area contributed by atoms with Gasteiger partial charge in [0.1, 0.15) is 11.6 Å². The molecule has 0 spiro atoms. The van der Waals surface area contributed by atoms with E-state index in [1.54, 1.807) is 0 Å². The molecule has 1 saturated heterocycles. The van der Waals surface area contributed by atoms with Gasteiger partial charge < -0.3 is 9.84 Å². The number of carbonyl (C=O) groups is 1. The van der Waals surface area contributed by atoms with E-state index in [4.69, 9.17) is 9.78 Å². The Morgan fingerprint density at radius 1 is 1.27 bits per heavy atom. The second-order valence-electron chi connectivity index (χ2n) is 8.79. The fraction of sp³-hybridized carbons (Fsp3) is 0.400.